The van der Waals surface area contributed by atoms with Gasteiger partial charge in [0.25, 0.3) is 11.7 Å². The standard InChI is InChI=1S/C27H32Cl2N2O4/c1-16(2)15-35-22-10-8-19(13-17(22)3)25(32)23-24(18-7-9-20(28)21(29)14-18)31(27(34)26(23)33)12-6-11-30(4)5/h7-10,13-14,16,24,32H,6,11-12,15H2,1-5H3/b25-23+/t24-/m0/s1. The van der Waals surface area contributed by atoms with Crippen LogP contribution in [0, 0.1) is 12.8 Å². The number of carbonyl (C=O) groups excluding carboxylic acids is 2. The SMILES string of the molecule is Cc1cc(/C(O)=C2\C(=O)C(=O)N(CCCN(C)C)[C@H]2c2ccc(Cl)c(Cl)c2)ccc1OCC(C)C. The van der Waals surface area contributed by atoms with Gasteiger partial charge in [0.1, 0.15) is 11.5 Å². The zero-order valence-electron chi connectivity index (χ0n) is 20.8. The highest BCUT2D eigenvalue weighted by atomic mass is 35.5. The highest BCUT2D eigenvalue weighted by Gasteiger charge is 2.46. The van der Waals surface area contributed by atoms with Gasteiger partial charge in [0.05, 0.1) is 28.3 Å². The average Bonchev–Trinajstić information content (AvgIpc) is 3.04. The Labute approximate surface area is 217 Å². The topological polar surface area (TPSA) is 70.1 Å². The molecule has 2 aromatic carbocycles. The molecule has 0 radical (unpaired) electrons. The van der Waals surface area contributed by atoms with Crippen molar-refractivity contribution in [3.05, 3.63) is 68.7 Å². The molecule has 0 aliphatic carbocycles. The zero-order chi connectivity index (χ0) is 25.9. The van der Waals surface area contributed by atoms with Crippen molar-refractivity contribution in [2.75, 3.05) is 33.8 Å². The van der Waals surface area contributed by atoms with Crippen LogP contribution < -0.4 is 4.74 Å². The Kier molecular flexibility index (Phi) is 8.86. The maximum absolute atomic E-state index is 13.2. The number of ether oxygens (including phenoxy) is 1. The van der Waals surface area contributed by atoms with Crippen molar-refractivity contribution in [2.45, 2.75) is 33.2 Å². The third-order valence-electron chi connectivity index (χ3n) is 5.82. The van der Waals surface area contributed by atoms with Crippen LogP contribution in [0.5, 0.6) is 5.75 Å². The highest BCUT2D eigenvalue weighted by Crippen LogP contribution is 2.41. The molecule has 1 atom stereocenters. The molecular weight excluding hydrogens is 487 g/mol. The lowest BCUT2D eigenvalue weighted by atomic mass is 9.94. The molecule has 1 saturated heterocycles. The Morgan fingerprint density at radius 3 is 2.43 bits per heavy atom. The first kappa shape index (κ1) is 27.1. The Morgan fingerprint density at radius 1 is 1.11 bits per heavy atom. The maximum atomic E-state index is 13.2. The molecule has 1 N–H and O–H groups in total. The number of likely N-dealkylation sites (tertiary alicyclic amines) is 1. The molecule has 35 heavy (non-hydrogen) atoms. The van der Waals surface area contributed by atoms with Crippen LogP contribution in [0.15, 0.2) is 42.0 Å². The van der Waals surface area contributed by atoms with Gasteiger partial charge in [-0.1, -0.05) is 43.1 Å². The van der Waals surface area contributed by atoms with E-state index in [1.165, 1.54) is 4.90 Å². The van der Waals surface area contributed by atoms with Crippen LogP contribution in [0.4, 0.5) is 0 Å². The van der Waals surface area contributed by atoms with Gasteiger partial charge in [-0.2, -0.15) is 0 Å². The monoisotopic (exact) mass is 518 g/mol. The van der Waals surface area contributed by atoms with E-state index in [4.69, 9.17) is 27.9 Å². The number of ketones is 1. The first-order valence-corrected chi connectivity index (χ1v) is 12.4. The quantitative estimate of drug-likeness (QED) is 0.261. The number of aliphatic hydroxyl groups excluding tert-OH is 1. The van der Waals surface area contributed by atoms with Crippen LogP contribution >= 0.6 is 23.2 Å². The second-order valence-corrected chi connectivity index (χ2v) is 10.3. The molecule has 1 aliphatic heterocycles. The highest BCUT2D eigenvalue weighted by molar-refractivity contribution is 6.46. The van der Waals surface area contributed by atoms with Crippen molar-refractivity contribution in [2.24, 2.45) is 5.92 Å². The zero-order valence-corrected chi connectivity index (χ0v) is 22.3. The number of Topliss-reactive ketones (excluding diaryl/α,β-unsaturated/α-hetero) is 1. The Balaban J connectivity index is 2.07. The van der Waals surface area contributed by atoms with Gasteiger partial charge < -0.3 is 19.6 Å². The van der Waals surface area contributed by atoms with Crippen molar-refractivity contribution >= 4 is 40.7 Å². The van der Waals surface area contributed by atoms with E-state index in [1.807, 2.05) is 25.9 Å². The Hall–Kier alpha value is -2.54. The molecule has 8 heteroatoms. The summed E-state index contributed by atoms with van der Waals surface area (Å²) in [5, 5.41) is 12.0. The third kappa shape index (κ3) is 6.18. The summed E-state index contributed by atoms with van der Waals surface area (Å²) in [7, 11) is 3.89. The molecule has 0 unspecified atom stereocenters. The fraction of sp³-hybridized carbons (Fsp3) is 0.407. The van der Waals surface area contributed by atoms with E-state index in [0.717, 1.165) is 12.1 Å². The predicted octanol–water partition coefficient (Wildman–Crippen LogP) is 5.71. The lowest BCUT2D eigenvalue weighted by Crippen LogP contribution is -2.32. The smallest absolute Gasteiger partial charge is 0.295 e. The van der Waals surface area contributed by atoms with E-state index in [2.05, 4.69) is 13.8 Å². The molecule has 2 aromatic rings. The van der Waals surface area contributed by atoms with Crippen LogP contribution in [0.2, 0.25) is 10.0 Å². The Bertz CT molecular complexity index is 1140. The fourth-order valence-electron chi connectivity index (χ4n) is 4.07. The second kappa shape index (κ2) is 11.5. The van der Waals surface area contributed by atoms with Crippen LogP contribution in [-0.4, -0.2) is 60.4 Å². The largest absolute Gasteiger partial charge is 0.507 e. The van der Waals surface area contributed by atoms with Crippen molar-refractivity contribution in [1.82, 2.24) is 9.80 Å². The summed E-state index contributed by atoms with van der Waals surface area (Å²) in [6.07, 6.45) is 0.666. The lowest BCUT2D eigenvalue weighted by molar-refractivity contribution is -0.139. The van der Waals surface area contributed by atoms with Gasteiger partial charge in [-0.25, -0.2) is 0 Å². The molecular formula is C27H32Cl2N2O4. The summed E-state index contributed by atoms with van der Waals surface area (Å²) >= 11 is 12.4. The van der Waals surface area contributed by atoms with E-state index in [0.29, 0.717) is 52.4 Å². The molecule has 1 aliphatic rings. The van der Waals surface area contributed by atoms with Gasteiger partial charge in [-0.3, -0.25) is 9.59 Å². The minimum Gasteiger partial charge on any atom is -0.507 e. The minimum atomic E-state index is -0.774. The number of rotatable bonds is 9. The molecule has 3 rings (SSSR count). The van der Waals surface area contributed by atoms with Crippen LogP contribution in [0.1, 0.15) is 43.0 Å². The van der Waals surface area contributed by atoms with Gasteiger partial charge in [-0.15, -0.1) is 0 Å². The number of aliphatic hydroxyl groups is 1. The van der Waals surface area contributed by atoms with Crippen molar-refractivity contribution in [1.29, 1.82) is 0 Å². The summed E-state index contributed by atoms with van der Waals surface area (Å²) in [6.45, 7) is 7.68. The van der Waals surface area contributed by atoms with Crippen molar-refractivity contribution in [3.63, 3.8) is 0 Å². The summed E-state index contributed by atoms with van der Waals surface area (Å²) in [4.78, 5) is 29.8. The first-order chi connectivity index (χ1) is 16.5. The molecule has 1 heterocycles. The number of halogens is 2. The van der Waals surface area contributed by atoms with Crippen molar-refractivity contribution in [3.8, 4) is 5.75 Å². The number of carbonyl (C=O) groups is 2. The van der Waals surface area contributed by atoms with E-state index >= 15 is 0 Å². The van der Waals surface area contributed by atoms with E-state index in [1.54, 1.807) is 36.4 Å². The second-order valence-electron chi connectivity index (χ2n) is 9.51. The third-order valence-corrected chi connectivity index (χ3v) is 6.56. The van der Waals surface area contributed by atoms with Crippen LogP contribution in [0.25, 0.3) is 5.76 Å². The summed E-state index contributed by atoms with van der Waals surface area (Å²) in [5.41, 5.74) is 1.91. The molecule has 0 saturated carbocycles. The molecule has 1 amide bonds. The number of hydrogen-bond donors (Lipinski definition) is 1. The number of hydrogen-bond acceptors (Lipinski definition) is 5. The van der Waals surface area contributed by atoms with E-state index < -0.39 is 17.7 Å². The van der Waals surface area contributed by atoms with Gasteiger partial charge in [0.2, 0.25) is 0 Å². The van der Waals surface area contributed by atoms with Gasteiger partial charge >= 0.3 is 0 Å². The maximum Gasteiger partial charge on any atom is 0.295 e. The molecule has 188 valence electrons. The van der Waals surface area contributed by atoms with E-state index in [9.17, 15) is 14.7 Å². The van der Waals surface area contributed by atoms with Gasteiger partial charge in [0.15, 0.2) is 0 Å². The predicted molar refractivity (Wildman–Crippen MR) is 140 cm³/mol. The summed E-state index contributed by atoms with van der Waals surface area (Å²) in [5.74, 6) is -0.512. The van der Waals surface area contributed by atoms with Crippen molar-refractivity contribution < 1.29 is 19.4 Å². The Morgan fingerprint density at radius 2 is 1.83 bits per heavy atom. The van der Waals surface area contributed by atoms with Crippen LogP contribution in [-0.2, 0) is 9.59 Å². The van der Waals surface area contributed by atoms with E-state index in [-0.39, 0.29) is 11.3 Å². The molecule has 0 spiro atoms. The minimum absolute atomic E-state index is 0.0356. The van der Waals surface area contributed by atoms with Gasteiger partial charge in [-0.05, 0) is 81.4 Å². The van der Waals surface area contributed by atoms with Gasteiger partial charge in [0, 0.05) is 12.1 Å². The first-order valence-electron chi connectivity index (χ1n) is 11.6. The number of benzene rings is 2. The number of nitrogens with zero attached hydrogens (tertiary/aromatic N) is 2. The lowest BCUT2D eigenvalue weighted by Gasteiger charge is -2.26. The number of amides is 1. The normalized spacial score (nSPS) is 17.6. The summed E-state index contributed by atoms with van der Waals surface area (Å²) < 4.78 is 5.83. The van der Waals surface area contributed by atoms with Crippen LogP contribution in [0.3, 0.4) is 0 Å². The fourth-order valence-corrected chi connectivity index (χ4v) is 4.37. The molecule has 0 aromatic heterocycles. The summed E-state index contributed by atoms with van der Waals surface area (Å²) in [6, 6.07) is 9.45. The molecule has 1 fully saturated rings. The molecule has 0 bridgehead atoms. The average molecular weight is 519 g/mol. The molecule has 6 nitrogen and oxygen atoms in total. The number of aryl methyl sites for hydroxylation is 1.